The number of carbonyl (C=O) groups is 13. The molecule has 14 atom stereocenters. The zero-order valence-electron chi connectivity index (χ0n) is 81.9. The summed E-state index contributed by atoms with van der Waals surface area (Å²) in [7, 11) is 3.16. The normalized spacial score (nSPS) is 19.7. The van der Waals surface area contributed by atoms with Crippen molar-refractivity contribution in [3.63, 3.8) is 0 Å². The zero-order chi connectivity index (χ0) is 102. The van der Waals surface area contributed by atoms with E-state index in [-0.39, 0.29) is 144 Å². The molecule has 2 saturated heterocycles. The molecular weight excluding hydrogens is 1810 g/mol. The van der Waals surface area contributed by atoms with Gasteiger partial charge in [0.15, 0.2) is 35.5 Å². The summed E-state index contributed by atoms with van der Waals surface area (Å²) in [6, 6.07) is 9.90. The van der Waals surface area contributed by atoms with Crippen molar-refractivity contribution in [2.75, 3.05) is 107 Å². The van der Waals surface area contributed by atoms with Crippen LogP contribution in [0.4, 0.5) is 4.79 Å². The van der Waals surface area contributed by atoms with E-state index >= 15 is 0 Å². The van der Waals surface area contributed by atoms with Crippen molar-refractivity contribution >= 4 is 123 Å². The first kappa shape index (κ1) is 128. The molecule has 1 radical (unpaired) electrons. The monoisotopic (exact) mass is 1960 g/mol. The van der Waals surface area contributed by atoms with E-state index in [0.717, 1.165) is 49.6 Å². The molecule has 5 aliphatic rings. The van der Waals surface area contributed by atoms with Crippen molar-refractivity contribution in [1.82, 2.24) is 26.6 Å². The predicted octanol–water partition coefficient (Wildman–Crippen LogP) is 10.2. The molecular formula is C94H152B2Cl2N8O28P. The van der Waals surface area contributed by atoms with Crippen LogP contribution in [0.5, 0.6) is 0 Å². The molecule has 3 aliphatic carbocycles. The minimum Gasteiger partial charge on any atom is -0.481 e. The van der Waals surface area contributed by atoms with E-state index in [1.165, 1.54) is 39.9 Å². The van der Waals surface area contributed by atoms with Crippen molar-refractivity contribution < 1.29 is 134 Å². The minimum atomic E-state index is -1.18. The lowest BCUT2D eigenvalue weighted by Crippen LogP contribution is -2.65. The van der Waals surface area contributed by atoms with E-state index in [1.807, 2.05) is 19.1 Å². The number of esters is 3. The number of amides is 5. The highest BCUT2D eigenvalue weighted by Crippen LogP contribution is 2.66. The number of aryl methyl sites for hydroxylation is 1. The molecule has 7 rings (SSSR count). The number of hydrogen-bond acceptors (Lipinski definition) is 29. The fourth-order valence-electron chi connectivity index (χ4n) is 13.6. The van der Waals surface area contributed by atoms with Crippen LogP contribution >= 0.6 is 32.2 Å². The Morgan fingerprint density at radius 1 is 0.674 bits per heavy atom. The molecule has 2 bridgehead atoms. The molecule has 2 heterocycles. The Hall–Kier alpha value is -8.72. The number of halogens is 2. The number of nitrogens with one attached hydrogen (secondary N) is 5. The number of ketones is 3. The van der Waals surface area contributed by atoms with Crippen LogP contribution in [0.25, 0.3) is 11.1 Å². The van der Waals surface area contributed by atoms with Crippen LogP contribution in [-0.2, 0) is 120 Å². The summed E-state index contributed by atoms with van der Waals surface area (Å²) in [5, 5.41) is 29.8. The Morgan fingerprint density at radius 2 is 1.16 bits per heavy atom. The molecule has 3 saturated carbocycles. The molecule has 5 amide bonds. The van der Waals surface area contributed by atoms with E-state index in [2.05, 4.69) is 119 Å². The van der Waals surface area contributed by atoms with Gasteiger partial charge in [-0.3, -0.25) is 47.7 Å². The third-order valence-electron chi connectivity index (χ3n) is 21.5. The minimum absolute atomic E-state index is 0. The first-order valence-electron chi connectivity index (χ1n) is 45.1. The maximum atomic E-state index is 14.0. The molecule has 36 nitrogen and oxygen atoms in total. The van der Waals surface area contributed by atoms with Gasteiger partial charge in [-0.05, 0) is 132 Å². The molecule has 13 N–H and O–H groups in total. The Balaban J connectivity index is 0. The number of hydrogen-bond donors (Lipinski definition) is 10. The van der Waals surface area contributed by atoms with Gasteiger partial charge < -0.3 is 111 Å². The van der Waals surface area contributed by atoms with Gasteiger partial charge in [0.2, 0.25) is 23.6 Å². The standard InChI is InChI=1S/C51H74BN3O9.C11H19NO5.C11H19NO4.C10H18N2O4.C7H13NO3.C4H8O2.BClOP.ClH/c1-7-8-13-35-15-17-36(18-16-35)37-19-21-38(22-20-37)43(56)28-39(14-9-10-23-53)49(60)55-41-31-61-24-11-12-25-62-32-42(54-48(59)33(2)26-44(41)57)45(58)27-34(3)52-63-47-30-40-29-46(50(40,4)5)51(47,6)64-52;1-5-6-16-7-8(9(13)14)12-10(15)17-11(2,3)4;1-5-6-16-7-9(11(14)15-4)12-10(13)8(2)3;1-4-5-16-6-8(10(14)15-3)12-9(13)7(2)11;1-3-4-11-5-6(8)7(9)10-2;1-3(2)4(5)6;2-1-4-3;/h15-22,33-34,39-42,46-47H,7-14,23-32,53H2,1-6H3,(H,54,59)(H,55,60);5,8H,1,6-7H2,2-4H3,(H,12,15)(H,13,14);5,8-9H,1,6-7H2,2-4H3,(H,12,13);4,7-8H,1,5-6,11H2,2-3H3,(H,12,13);3,6H,1,4-5,8H2,2H3;3H,1-2H3,(H,5,6);;1H/t33-,34-,39?,40+,41+,42+,46+,47-,51+;8-;9-;7-,8-;6-;;;/m10000.../s1. The highest BCUT2D eigenvalue weighted by Gasteiger charge is 2.68. The number of carbonyl (C=O) groups excluding carboxylic acids is 11. The Kier molecular flexibility index (Phi) is 67.3. The molecule has 0 spiro atoms. The fraction of sp³-hybridized carbons (Fsp3) is 0.649. The van der Waals surface area contributed by atoms with Crippen LogP contribution in [0.3, 0.4) is 0 Å². The molecule has 1 unspecified atom stereocenters. The average molecular weight is 1970 g/mol. The Labute approximate surface area is 811 Å². The number of carboxylic acid groups (broad SMARTS) is 2. The number of benzene rings is 2. The maximum absolute atomic E-state index is 14.0. The van der Waals surface area contributed by atoms with Gasteiger partial charge in [0, 0.05) is 55.8 Å². The number of nitrogens with two attached hydrogens (primary N) is 3. The lowest BCUT2D eigenvalue weighted by Gasteiger charge is -2.64. The van der Waals surface area contributed by atoms with E-state index in [4.69, 9.17) is 85.9 Å². The van der Waals surface area contributed by atoms with Gasteiger partial charge in [-0.15, -0.1) is 38.7 Å². The molecule has 2 aromatic rings. The molecule has 5 fully saturated rings. The summed E-state index contributed by atoms with van der Waals surface area (Å²) in [6.07, 6.45) is 14.8. The van der Waals surface area contributed by atoms with Gasteiger partial charge >= 0.3 is 49.5 Å². The highest BCUT2D eigenvalue weighted by molar-refractivity contribution is 7.70. The van der Waals surface area contributed by atoms with Crippen molar-refractivity contribution in [1.29, 1.82) is 0 Å². The molecule has 0 aromatic heterocycles. The number of carboxylic acids is 2. The van der Waals surface area contributed by atoms with Crippen LogP contribution in [-0.4, -0.2) is 267 Å². The van der Waals surface area contributed by atoms with E-state index in [9.17, 15) is 62.3 Å². The van der Waals surface area contributed by atoms with Crippen LogP contribution < -0.4 is 43.8 Å². The van der Waals surface area contributed by atoms with Crippen molar-refractivity contribution in [2.24, 2.45) is 58.1 Å². The summed E-state index contributed by atoms with van der Waals surface area (Å²) < 4.78 is 72.5. The van der Waals surface area contributed by atoms with E-state index < -0.39 is 121 Å². The van der Waals surface area contributed by atoms with Crippen molar-refractivity contribution in [3.05, 3.63) is 110 Å². The fourth-order valence-corrected chi connectivity index (χ4v) is 13.6. The van der Waals surface area contributed by atoms with E-state index in [0.29, 0.717) is 89.1 Å². The number of Topliss-reactive ketones (excluding diaryl/α,β-unsaturated/α-hetero) is 3. The van der Waals surface area contributed by atoms with Crippen LogP contribution in [0, 0.1) is 40.9 Å². The number of unbranched alkanes of at least 4 members (excludes halogenated alkanes) is 2. The van der Waals surface area contributed by atoms with Gasteiger partial charge in [0.25, 0.3) is 0 Å². The Morgan fingerprint density at radius 3 is 1.61 bits per heavy atom. The second-order valence-corrected chi connectivity index (χ2v) is 35.8. The number of ether oxygens (including phenoxy) is 10. The first-order chi connectivity index (χ1) is 63.2. The third-order valence-corrected chi connectivity index (χ3v) is 21.8. The summed E-state index contributed by atoms with van der Waals surface area (Å²) in [6.45, 7) is 42.2. The van der Waals surface area contributed by atoms with Gasteiger partial charge in [0.05, 0.1) is 111 Å². The largest absolute Gasteiger partial charge is 0.481 e. The summed E-state index contributed by atoms with van der Waals surface area (Å²) >= 11 is 4.74. The lowest BCUT2D eigenvalue weighted by molar-refractivity contribution is -0.199. The van der Waals surface area contributed by atoms with E-state index in [1.54, 1.807) is 85.8 Å². The second-order valence-electron chi connectivity index (χ2n) is 34.8. The van der Waals surface area contributed by atoms with Crippen LogP contribution in [0.15, 0.2) is 99.2 Å². The molecule has 135 heavy (non-hydrogen) atoms. The molecule has 41 heteroatoms. The summed E-state index contributed by atoms with van der Waals surface area (Å²) in [5.74, 6) is -6.88. The molecule has 2 aromatic carbocycles. The quantitative estimate of drug-likeness (QED) is 0.00560. The third kappa shape index (κ3) is 51.5. The maximum Gasteiger partial charge on any atom is 0.461 e. The smallest absolute Gasteiger partial charge is 0.461 e. The lowest BCUT2D eigenvalue weighted by atomic mass is 9.43. The Bertz CT molecular complexity index is 3890. The molecule has 761 valence electrons. The SMILES string of the molecule is C=CCOC[C@H](N)C(=O)OC.C=CCOC[C@H](NC(=O)C(C)C)C(=O)OC.C=CCOC[C@H](NC(=O)OC(C)(C)C)C(=O)O.C=CCOC[C@H](NC(=O)[C@H](C)N)C(=O)OC.CC(C)C(=O)O.CCCCc1ccc(-c2ccc(C(=O)CC(CCCCN)C(=O)N[C@H]3COCCCCOC[C@@H](C(=O)C[C@@H](C)B4O[C@@H]5C[C@@H]6C[C@@H](C6(C)C)[C@]5(C)O4)NC(=O)[C@H](C)CC3=O)cc2)cc1.Cl.O=P[B]Cl. The number of alkyl carbamates (subject to hydrolysis) is 1. The number of aliphatic carboxylic acids is 2. The summed E-state index contributed by atoms with van der Waals surface area (Å²) in [4.78, 5) is 157. The average Bonchev–Trinajstić information content (AvgIpc) is 1.58. The molecule has 2 aliphatic heterocycles. The first-order valence-corrected chi connectivity index (χ1v) is 46.4. The highest BCUT2D eigenvalue weighted by atomic mass is 35.5. The van der Waals surface area contributed by atoms with Crippen molar-refractivity contribution in [2.45, 2.75) is 246 Å². The van der Waals surface area contributed by atoms with Crippen molar-refractivity contribution in [3.8, 4) is 11.1 Å². The predicted molar refractivity (Wildman–Crippen MR) is 519 cm³/mol. The van der Waals surface area contributed by atoms with Gasteiger partial charge in [-0.2, -0.15) is 11.5 Å². The number of methoxy groups -OCH3 is 3. The van der Waals surface area contributed by atoms with Gasteiger partial charge in [-0.25, -0.2) is 19.2 Å². The topological polar surface area (TPSA) is 528 Å². The van der Waals surface area contributed by atoms with Gasteiger partial charge in [0.1, 0.15) is 32.1 Å². The second kappa shape index (κ2) is 70.8. The number of rotatable bonds is 44. The van der Waals surface area contributed by atoms with Crippen LogP contribution in [0.1, 0.15) is 190 Å². The van der Waals surface area contributed by atoms with Crippen LogP contribution in [0.2, 0.25) is 5.82 Å². The summed E-state index contributed by atoms with van der Waals surface area (Å²) in [5.41, 5.74) is 19.5. The zero-order valence-corrected chi connectivity index (χ0v) is 84.4. The van der Waals surface area contributed by atoms with Gasteiger partial charge in [-0.1, -0.05) is 148 Å².